The summed E-state index contributed by atoms with van der Waals surface area (Å²) in [5.41, 5.74) is -1.20. The highest BCUT2D eigenvalue weighted by atomic mass is 35.5. The summed E-state index contributed by atoms with van der Waals surface area (Å²) < 4.78 is 0. The molecule has 0 aromatic carbocycles. The van der Waals surface area contributed by atoms with Crippen LogP contribution >= 0.6 is 23.2 Å². The first-order valence-corrected chi connectivity index (χ1v) is 5.12. The van der Waals surface area contributed by atoms with Crippen LogP contribution < -0.4 is 0 Å². The van der Waals surface area contributed by atoms with Crippen molar-refractivity contribution in [2.24, 2.45) is 5.41 Å². The summed E-state index contributed by atoms with van der Waals surface area (Å²) in [5, 5.41) is 17.3. The van der Waals surface area contributed by atoms with Crippen molar-refractivity contribution < 1.29 is 19.8 Å². The number of hydrogen-bond acceptors (Lipinski definition) is 2. The molecular formula is C8H12Cl2O4. The van der Waals surface area contributed by atoms with Gasteiger partial charge in [0.1, 0.15) is 0 Å². The third-order valence-corrected chi connectivity index (χ3v) is 3.03. The molecule has 0 aromatic rings. The summed E-state index contributed by atoms with van der Waals surface area (Å²) in [6, 6.07) is 0. The molecule has 0 heterocycles. The highest BCUT2D eigenvalue weighted by Gasteiger charge is 2.36. The number of carboxylic acid groups (broad SMARTS) is 2. The SMILES string of the molecule is O=C(O)CCCC(CCl)(CCl)C(=O)O. The zero-order valence-corrected chi connectivity index (χ0v) is 9.01. The Hall–Kier alpha value is -0.480. The maximum absolute atomic E-state index is 10.8. The summed E-state index contributed by atoms with van der Waals surface area (Å²) in [6.07, 6.45) is 0.380. The number of carbonyl (C=O) groups is 2. The summed E-state index contributed by atoms with van der Waals surface area (Å²) in [7, 11) is 0. The van der Waals surface area contributed by atoms with E-state index in [4.69, 9.17) is 33.4 Å². The predicted molar refractivity (Wildman–Crippen MR) is 53.0 cm³/mol. The summed E-state index contributed by atoms with van der Waals surface area (Å²) in [4.78, 5) is 21.1. The molecule has 0 unspecified atom stereocenters. The molecule has 0 bridgehead atoms. The fourth-order valence-corrected chi connectivity index (χ4v) is 1.75. The lowest BCUT2D eigenvalue weighted by atomic mass is 9.87. The molecule has 0 saturated carbocycles. The molecular weight excluding hydrogens is 231 g/mol. The van der Waals surface area contributed by atoms with Gasteiger partial charge in [-0.1, -0.05) is 0 Å². The highest BCUT2D eigenvalue weighted by molar-refractivity contribution is 6.23. The molecule has 0 aliphatic carbocycles. The van der Waals surface area contributed by atoms with Crippen molar-refractivity contribution in [3.8, 4) is 0 Å². The van der Waals surface area contributed by atoms with Crippen molar-refractivity contribution in [2.45, 2.75) is 19.3 Å². The zero-order valence-electron chi connectivity index (χ0n) is 7.50. The maximum atomic E-state index is 10.8. The van der Waals surface area contributed by atoms with Crippen LogP contribution in [0.5, 0.6) is 0 Å². The summed E-state index contributed by atoms with van der Waals surface area (Å²) in [6.45, 7) is 0. The van der Waals surface area contributed by atoms with E-state index in [0.717, 1.165) is 0 Å². The zero-order chi connectivity index (χ0) is 11.2. The molecule has 0 saturated heterocycles. The largest absolute Gasteiger partial charge is 0.481 e. The van der Waals surface area contributed by atoms with E-state index >= 15 is 0 Å². The molecule has 0 spiro atoms. The molecule has 2 N–H and O–H groups in total. The van der Waals surface area contributed by atoms with Crippen LogP contribution in [-0.4, -0.2) is 33.9 Å². The van der Waals surface area contributed by atoms with Gasteiger partial charge in [0.25, 0.3) is 0 Å². The first-order valence-electron chi connectivity index (χ1n) is 4.05. The van der Waals surface area contributed by atoms with Crippen molar-refractivity contribution in [3.63, 3.8) is 0 Å². The molecule has 4 nitrogen and oxygen atoms in total. The van der Waals surface area contributed by atoms with Gasteiger partial charge in [-0.15, -0.1) is 23.2 Å². The highest BCUT2D eigenvalue weighted by Crippen LogP contribution is 2.28. The molecule has 0 atom stereocenters. The Bertz CT molecular complexity index is 213. The quantitative estimate of drug-likeness (QED) is 0.668. The second-order valence-corrected chi connectivity index (χ2v) is 3.63. The normalized spacial score (nSPS) is 11.3. The second kappa shape index (κ2) is 6.09. The van der Waals surface area contributed by atoms with Crippen molar-refractivity contribution in [2.75, 3.05) is 11.8 Å². The molecule has 6 heteroatoms. The Balaban J connectivity index is 4.22. The van der Waals surface area contributed by atoms with Crippen molar-refractivity contribution in [1.29, 1.82) is 0 Å². The van der Waals surface area contributed by atoms with E-state index in [0.29, 0.717) is 0 Å². The van der Waals surface area contributed by atoms with E-state index < -0.39 is 17.4 Å². The van der Waals surface area contributed by atoms with E-state index in [1.54, 1.807) is 0 Å². The summed E-state index contributed by atoms with van der Waals surface area (Å²) >= 11 is 11.0. The van der Waals surface area contributed by atoms with Gasteiger partial charge in [0.05, 0.1) is 5.41 Å². The average Bonchev–Trinajstić information content (AvgIpc) is 2.12. The lowest BCUT2D eigenvalue weighted by Gasteiger charge is -2.23. The number of carboxylic acids is 2. The summed E-state index contributed by atoms with van der Waals surface area (Å²) in [5.74, 6) is -2.24. The van der Waals surface area contributed by atoms with Gasteiger partial charge in [0.15, 0.2) is 0 Å². The van der Waals surface area contributed by atoms with E-state index in [-0.39, 0.29) is 31.0 Å². The van der Waals surface area contributed by atoms with Crippen molar-refractivity contribution in [3.05, 3.63) is 0 Å². The standard InChI is InChI=1S/C8H12Cl2O4/c9-4-8(5-10,7(13)14)3-1-2-6(11)12/h1-5H2,(H,11,12)(H,13,14). The van der Waals surface area contributed by atoms with Crippen LogP contribution in [0.15, 0.2) is 0 Å². The van der Waals surface area contributed by atoms with Gasteiger partial charge < -0.3 is 10.2 Å². The third kappa shape index (κ3) is 3.72. The van der Waals surface area contributed by atoms with Gasteiger partial charge >= 0.3 is 11.9 Å². The number of aliphatic carboxylic acids is 2. The monoisotopic (exact) mass is 242 g/mol. The van der Waals surface area contributed by atoms with Crippen molar-refractivity contribution in [1.82, 2.24) is 0 Å². The van der Waals surface area contributed by atoms with Gasteiger partial charge in [-0.2, -0.15) is 0 Å². The minimum Gasteiger partial charge on any atom is -0.481 e. The van der Waals surface area contributed by atoms with Crippen LogP contribution in [-0.2, 0) is 9.59 Å². The molecule has 0 aliphatic rings. The van der Waals surface area contributed by atoms with Gasteiger partial charge in [0, 0.05) is 18.2 Å². The topological polar surface area (TPSA) is 74.6 Å². The molecule has 0 amide bonds. The smallest absolute Gasteiger partial charge is 0.312 e. The van der Waals surface area contributed by atoms with Crippen LogP contribution in [0.1, 0.15) is 19.3 Å². The fourth-order valence-electron chi connectivity index (χ4n) is 0.969. The average molecular weight is 243 g/mol. The second-order valence-electron chi connectivity index (χ2n) is 3.10. The van der Waals surface area contributed by atoms with E-state index in [2.05, 4.69) is 0 Å². The number of rotatable bonds is 7. The molecule has 14 heavy (non-hydrogen) atoms. The lowest BCUT2D eigenvalue weighted by molar-refractivity contribution is -0.147. The minimum absolute atomic E-state index is 0.0667. The van der Waals surface area contributed by atoms with E-state index in [1.165, 1.54) is 0 Å². The Labute approximate surface area is 91.8 Å². The van der Waals surface area contributed by atoms with Crippen LogP contribution in [0, 0.1) is 5.41 Å². The fraction of sp³-hybridized carbons (Fsp3) is 0.750. The van der Waals surface area contributed by atoms with Gasteiger partial charge in [-0.25, -0.2) is 0 Å². The first-order chi connectivity index (χ1) is 6.48. The van der Waals surface area contributed by atoms with Gasteiger partial charge in [-0.3, -0.25) is 9.59 Å². The number of alkyl halides is 2. The van der Waals surface area contributed by atoms with E-state index in [1.807, 2.05) is 0 Å². The Kier molecular flexibility index (Phi) is 5.88. The Morgan fingerprint density at radius 2 is 1.64 bits per heavy atom. The van der Waals surface area contributed by atoms with Crippen LogP contribution in [0.25, 0.3) is 0 Å². The molecule has 82 valence electrons. The Morgan fingerprint density at radius 1 is 1.14 bits per heavy atom. The molecule has 0 aliphatic heterocycles. The van der Waals surface area contributed by atoms with Crippen LogP contribution in [0.3, 0.4) is 0 Å². The van der Waals surface area contributed by atoms with Crippen LogP contribution in [0.2, 0.25) is 0 Å². The molecule has 0 rings (SSSR count). The van der Waals surface area contributed by atoms with Gasteiger partial charge in [-0.05, 0) is 12.8 Å². The van der Waals surface area contributed by atoms with Crippen molar-refractivity contribution >= 4 is 35.1 Å². The predicted octanol–water partition coefficient (Wildman–Crippen LogP) is 1.79. The molecule has 0 fully saturated rings. The first kappa shape index (κ1) is 13.5. The number of hydrogen-bond donors (Lipinski definition) is 2. The Morgan fingerprint density at radius 3 is 1.93 bits per heavy atom. The molecule has 0 aromatic heterocycles. The third-order valence-electron chi connectivity index (χ3n) is 2.01. The van der Waals surface area contributed by atoms with Gasteiger partial charge in [0.2, 0.25) is 0 Å². The minimum atomic E-state index is -1.20. The maximum Gasteiger partial charge on any atom is 0.312 e. The van der Waals surface area contributed by atoms with Crippen LogP contribution in [0.4, 0.5) is 0 Å². The lowest BCUT2D eigenvalue weighted by Crippen LogP contribution is -2.35. The number of halogens is 2. The van der Waals surface area contributed by atoms with E-state index in [9.17, 15) is 9.59 Å². The molecule has 0 radical (unpaired) electrons.